The van der Waals surface area contributed by atoms with E-state index in [2.05, 4.69) is 56.0 Å². The lowest BCUT2D eigenvalue weighted by molar-refractivity contribution is 0.182. The topological polar surface area (TPSA) is 47.3 Å². The van der Waals surface area contributed by atoms with Crippen molar-refractivity contribution in [2.24, 2.45) is 5.73 Å². The molecule has 0 saturated heterocycles. The van der Waals surface area contributed by atoms with Crippen LogP contribution in [-0.4, -0.2) is 26.3 Å². The zero-order chi connectivity index (χ0) is 12.7. The first-order chi connectivity index (χ1) is 8.17. The highest BCUT2D eigenvalue weighted by molar-refractivity contribution is 14.1. The molecule has 0 spiro atoms. The minimum absolute atomic E-state index is 0.311. The molecule has 0 amide bonds. The van der Waals surface area contributed by atoms with Gasteiger partial charge in [-0.1, -0.05) is 15.9 Å². The number of benzene rings is 1. The highest BCUT2D eigenvalue weighted by Gasteiger charge is 2.10. The van der Waals surface area contributed by atoms with Crippen LogP contribution < -0.4 is 11.1 Å². The van der Waals surface area contributed by atoms with E-state index in [1.807, 2.05) is 6.07 Å². The third-order valence-corrected chi connectivity index (χ3v) is 3.85. The molecule has 0 heterocycles. The van der Waals surface area contributed by atoms with Gasteiger partial charge in [-0.2, -0.15) is 0 Å². The van der Waals surface area contributed by atoms with E-state index in [1.54, 1.807) is 7.11 Å². The Kier molecular flexibility index (Phi) is 7.41. The summed E-state index contributed by atoms with van der Waals surface area (Å²) in [5.74, 6) is 0. The molecule has 0 saturated carbocycles. The van der Waals surface area contributed by atoms with Gasteiger partial charge in [0, 0.05) is 26.9 Å². The number of nitrogens with two attached hydrogens (primary N) is 1. The monoisotopic (exact) mass is 412 g/mol. The second-order valence-corrected chi connectivity index (χ2v) is 5.93. The zero-order valence-electron chi connectivity index (χ0n) is 9.88. The van der Waals surface area contributed by atoms with E-state index in [4.69, 9.17) is 10.5 Å². The molecule has 1 aromatic carbocycles. The maximum Gasteiger partial charge on any atom is 0.0664 e. The van der Waals surface area contributed by atoms with E-state index in [0.29, 0.717) is 12.6 Å². The molecule has 3 nitrogen and oxygen atoms in total. The molecule has 1 rings (SSSR count). The van der Waals surface area contributed by atoms with Crippen molar-refractivity contribution in [3.8, 4) is 0 Å². The van der Waals surface area contributed by atoms with Gasteiger partial charge in [0.2, 0.25) is 0 Å². The number of nitrogens with one attached hydrogen (secondary N) is 1. The molecular weight excluding hydrogens is 395 g/mol. The lowest BCUT2D eigenvalue weighted by atomic mass is 10.1. The van der Waals surface area contributed by atoms with Gasteiger partial charge in [-0.25, -0.2) is 0 Å². The predicted octanol–water partition coefficient (Wildman–Crippen LogP) is 3.22. The van der Waals surface area contributed by atoms with Crippen LogP contribution in [0.15, 0.2) is 22.7 Å². The first kappa shape index (κ1) is 15.2. The molecule has 0 aromatic heterocycles. The lowest BCUT2D eigenvalue weighted by Gasteiger charge is -2.20. The van der Waals surface area contributed by atoms with Gasteiger partial charge >= 0.3 is 0 Å². The summed E-state index contributed by atoms with van der Waals surface area (Å²) in [6.07, 6.45) is 2.03. The molecule has 1 aromatic rings. The summed E-state index contributed by atoms with van der Waals surface area (Å²) in [6.45, 7) is 1.42. The van der Waals surface area contributed by atoms with Gasteiger partial charge in [-0.15, -0.1) is 0 Å². The molecule has 1 unspecified atom stereocenters. The Morgan fingerprint density at radius 2 is 2.29 bits per heavy atom. The van der Waals surface area contributed by atoms with Crippen molar-refractivity contribution >= 4 is 44.2 Å². The van der Waals surface area contributed by atoms with Gasteiger partial charge in [-0.3, -0.25) is 0 Å². The van der Waals surface area contributed by atoms with E-state index in [-0.39, 0.29) is 0 Å². The van der Waals surface area contributed by atoms with E-state index in [1.165, 1.54) is 3.57 Å². The second kappa shape index (κ2) is 8.29. The highest BCUT2D eigenvalue weighted by Crippen LogP contribution is 2.24. The molecular formula is C12H18BrIN2O. The molecule has 0 aliphatic rings. The second-order valence-electron chi connectivity index (χ2n) is 3.85. The smallest absolute Gasteiger partial charge is 0.0664 e. The van der Waals surface area contributed by atoms with Gasteiger partial charge in [0.1, 0.15) is 0 Å². The van der Waals surface area contributed by atoms with Crippen LogP contribution in [0.1, 0.15) is 12.8 Å². The van der Waals surface area contributed by atoms with E-state index in [0.717, 1.165) is 29.5 Å². The molecule has 5 heteroatoms. The van der Waals surface area contributed by atoms with E-state index in [9.17, 15) is 0 Å². The molecule has 0 fully saturated rings. The summed E-state index contributed by atoms with van der Waals surface area (Å²) in [4.78, 5) is 0. The molecule has 0 aliphatic heterocycles. The minimum atomic E-state index is 0.311. The van der Waals surface area contributed by atoms with Crippen molar-refractivity contribution in [2.75, 3.05) is 25.6 Å². The third-order valence-electron chi connectivity index (χ3n) is 2.41. The number of rotatable bonds is 7. The molecule has 0 radical (unpaired) electrons. The number of hydrogen-bond donors (Lipinski definition) is 2. The lowest BCUT2D eigenvalue weighted by Crippen LogP contribution is -2.26. The van der Waals surface area contributed by atoms with Crippen LogP contribution in [0, 0.1) is 3.57 Å². The van der Waals surface area contributed by atoms with Crippen LogP contribution >= 0.6 is 38.5 Å². The minimum Gasteiger partial charge on any atom is -0.383 e. The average molecular weight is 413 g/mol. The number of methoxy groups -OCH3 is 1. The van der Waals surface area contributed by atoms with Crippen molar-refractivity contribution in [3.63, 3.8) is 0 Å². The fourth-order valence-electron chi connectivity index (χ4n) is 1.59. The summed E-state index contributed by atoms with van der Waals surface area (Å²) in [5.41, 5.74) is 6.68. The Morgan fingerprint density at radius 1 is 1.53 bits per heavy atom. The Balaban J connectivity index is 2.67. The average Bonchev–Trinajstić information content (AvgIpc) is 2.31. The first-order valence-corrected chi connectivity index (χ1v) is 7.45. The number of anilines is 1. The zero-order valence-corrected chi connectivity index (χ0v) is 13.6. The highest BCUT2D eigenvalue weighted by atomic mass is 127. The predicted molar refractivity (Wildman–Crippen MR) is 84.4 cm³/mol. The maximum absolute atomic E-state index is 5.54. The Hall–Kier alpha value is 0.150. The third kappa shape index (κ3) is 5.54. The summed E-state index contributed by atoms with van der Waals surface area (Å²) < 4.78 is 7.51. The van der Waals surface area contributed by atoms with Gasteiger partial charge in [0.15, 0.2) is 0 Å². The Labute approximate surface area is 125 Å². The van der Waals surface area contributed by atoms with Gasteiger partial charge in [-0.05, 0) is 60.2 Å². The van der Waals surface area contributed by atoms with Crippen molar-refractivity contribution in [3.05, 3.63) is 26.2 Å². The largest absolute Gasteiger partial charge is 0.383 e. The summed E-state index contributed by atoms with van der Waals surface area (Å²) in [5, 5.41) is 3.51. The summed E-state index contributed by atoms with van der Waals surface area (Å²) in [6, 6.07) is 6.52. The summed E-state index contributed by atoms with van der Waals surface area (Å²) >= 11 is 5.81. The van der Waals surface area contributed by atoms with E-state index >= 15 is 0 Å². The summed E-state index contributed by atoms with van der Waals surface area (Å²) in [7, 11) is 1.73. The SMILES string of the molecule is COCC(CCCN)Nc1cc(Br)ccc1I. The van der Waals surface area contributed by atoms with Gasteiger partial charge in [0.25, 0.3) is 0 Å². The van der Waals surface area contributed by atoms with Crippen LogP contribution in [-0.2, 0) is 4.74 Å². The van der Waals surface area contributed by atoms with Crippen LogP contribution in [0.3, 0.4) is 0 Å². The quantitative estimate of drug-likeness (QED) is 0.676. The molecule has 0 aliphatic carbocycles. The fraction of sp³-hybridized carbons (Fsp3) is 0.500. The fourth-order valence-corrected chi connectivity index (χ4v) is 2.44. The molecule has 3 N–H and O–H groups in total. The number of halogens is 2. The molecule has 1 atom stereocenters. The van der Waals surface area contributed by atoms with Crippen LogP contribution in [0.4, 0.5) is 5.69 Å². The van der Waals surface area contributed by atoms with Crippen LogP contribution in [0.25, 0.3) is 0 Å². The molecule has 0 bridgehead atoms. The van der Waals surface area contributed by atoms with Crippen molar-refractivity contribution in [1.29, 1.82) is 0 Å². The standard InChI is InChI=1S/C12H18BrIN2O/c1-17-8-10(3-2-6-15)16-12-7-9(13)4-5-11(12)14/h4-5,7,10,16H,2-3,6,8,15H2,1H3. The van der Waals surface area contributed by atoms with Crippen LogP contribution in [0.5, 0.6) is 0 Å². The van der Waals surface area contributed by atoms with Crippen molar-refractivity contribution < 1.29 is 4.74 Å². The van der Waals surface area contributed by atoms with Gasteiger partial charge < -0.3 is 15.8 Å². The van der Waals surface area contributed by atoms with Crippen molar-refractivity contribution in [1.82, 2.24) is 0 Å². The maximum atomic E-state index is 5.54. The van der Waals surface area contributed by atoms with E-state index < -0.39 is 0 Å². The van der Waals surface area contributed by atoms with Crippen LogP contribution in [0.2, 0.25) is 0 Å². The Bertz CT molecular complexity index is 349. The van der Waals surface area contributed by atoms with Gasteiger partial charge in [0.05, 0.1) is 6.61 Å². The molecule has 17 heavy (non-hydrogen) atoms. The normalized spacial score (nSPS) is 12.5. The van der Waals surface area contributed by atoms with Crippen molar-refractivity contribution in [2.45, 2.75) is 18.9 Å². The first-order valence-electron chi connectivity index (χ1n) is 5.58. The molecule has 96 valence electrons. The Morgan fingerprint density at radius 3 is 2.94 bits per heavy atom. The number of ether oxygens (including phenoxy) is 1. The number of hydrogen-bond acceptors (Lipinski definition) is 3.